The molecule has 11 nitrogen and oxygen atoms in total. The third kappa shape index (κ3) is 5.25. The maximum Gasteiger partial charge on any atom is 0.331 e. The van der Waals surface area contributed by atoms with Crippen molar-refractivity contribution < 1.29 is 31.2 Å². The number of fused-ring (bicyclic) bond motifs is 1. The first-order valence-electron chi connectivity index (χ1n) is 8.77. The first-order chi connectivity index (χ1) is 14.5. The number of primary sulfonamides is 1. The Morgan fingerprint density at radius 2 is 1.90 bits per heavy atom. The van der Waals surface area contributed by atoms with Crippen LogP contribution in [0.3, 0.4) is 0 Å². The standard InChI is InChI=1S/C18H18N4O7S2/c1-11(20-17-14-7-2-3-8-15(14)31(27,28)22-17)18(24)29-10-16(23)21-12-5-4-6-13(9-12)30(19,25)26/h2-9,11H,10H2,1H3,(H,20,22)(H,21,23)(H2,19,25,26)/t11-/m0/s1. The van der Waals surface area contributed by atoms with Crippen molar-refractivity contribution in [2.75, 3.05) is 11.9 Å². The van der Waals surface area contributed by atoms with Gasteiger partial charge in [0.1, 0.15) is 11.9 Å². The van der Waals surface area contributed by atoms with E-state index in [0.29, 0.717) is 5.56 Å². The van der Waals surface area contributed by atoms with E-state index in [2.05, 4.69) is 15.0 Å². The van der Waals surface area contributed by atoms with Gasteiger partial charge in [-0.1, -0.05) is 18.2 Å². The summed E-state index contributed by atoms with van der Waals surface area (Å²) in [6.45, 7) is 0.730. The summed E-state index contributed by atoms with van der Waals surface area (Å²) in [5.41, 5.74) is 0.479. The van der Waals surface area contributed by atoms with Crippen LogP contribution in [0, 0.1) is 0 Å². The van der Waals surface area contributed by atoms with Gasteiger partial charge in [-0.25, -0.2) is 26.8 Å². The highest BCUT2D eigenvalue weighted by molar-refractivity contribution is 7.90. The predicted molar refractivity (Wildman–Crippen MR) is 110 cm³/mol. The second kappa shape index (κ2) is 8.45. The number of hydrogen-bond acceptors (Lipinski definition) is 8. The van der Waals surface area contributed by atoms with Gasteiger partial charge in [0.25, 0.3) is 15.9 Å². The average Bonchev–Trinajstić information content (AvgIpc) is 2.96. The molecular formula is C18H18N4O7S2. The molecule has 3 rings (SSSR count). The van der Waals surface area contributed by atoms with Crippen LogP contribution in [-0.4, -0.2) is 47.2 Å². The highest BCUT2D eigenvalue weighted by Gasteiger charge is 2.31. The van der Waals surface area contributed by atoms with Crippen LogP contribution in [0.1, 0.15) is 12.5 Å². The number of carbonyl (C=O) groups excluding carboxylic acids is 2. The summed E-state index contributed by atoms with van der Waals surface area (Å²) < 4.78 is 54.1. The average molecular weight is 466 g/mol. The first-order valence-corrected chi connectivity index (χ1v) is 11.8. The monoisotopic (exact) mass is 466 g/mol. The fourth-order valence-electron chi connectivity index (χ4n) is 2.68. The molecule has 0 aliphatic carbocycles. The molecule has 0 unspecified atom stereocenters. The van der Waals surface area contributed by atoms with E-state index in [4.69, 9.17) is 9.88 Å². The topological polar surface area (TPSA) is 174 Å². The summed E-state index contributed by atoms with van der Waals surface area (Å²) in [6, 6.07) is 10.3. The summed E-state index contributed by atoms with van der Waals surface area (Å²) >= 11 is 0. The minimum atomic E-state index is -3.94. The van der Waals surface area contributed by atoms with Gasteiger partial charge in [0, 0.05) is 11.3 Å². The largest absolute Gasteiger partial charge is 0.454 e. The van der Waals surface area contributed by atoms with Crippen molar-refractivity contribution in [2.45, 2.75) is 22.8 Å². The fraction of sp³-hybridized carbons (Fsp3) is 0.167. The number of esters is 1. The van der Waals surface area contributed by atoms with Crippen LogP contribution in [0.5, 0.6) is 0 Å². The summed E-state index contributed by atoms with van der Waals surface area (Å²) in [7, 11) is -7.69. The van der Waals surface area contributed by atoms with Crippen molar-refractivity contribution in [1.82, 2.24) is 4.72 Å². The van der Waals surface area contributed by atoms with Crippen molar-refractivity contribution in [3.05, 3.63) is 54.1 Å². The Morgan fingerprint density at radius 1 is 1.19 bits per heavy atom. The molecule has 13 heteroatoms. The number of nitrogens with two attached hydrogens (primary N) is 1. The van der Waals surface area contributed by atoms with Crippen LogP contribution < -0.4 is 15.2 Å². The van der Waals surface area contributed by atoms with Crippen molar-refractivity contribution in [2.24, 2.45) is 10.1 Å². The molecule has 1 heterocycles. The third-order valence-corrected chi connectivity index (χ3v) is 6.43. The van der Waals surface area contributed by atoms with Crippen LogP contribution in [0.15, 0.2) is 63.3 Å². The van der Waals surface area contributed by atoms with E-state index in [0.717, 1.165) is 6.07 Å². The first kappa shape index (κ1) is 22.4. The Hall–Kier alpha value is -3.29. The molecule has 31 heavy (non-hydrogen) atoms. The summed E-state index contributed by atoms with van der Waals surface area (Å²) in [5.74, 6) is -1.57. The van der Waals surface area contributed by atoms with Crippen LogP contribution in [0.2, 0.25) is 0 Å². The number of benzene rings is 2. The number of amides is 1. The number of anilines is 1. The second-order valence-electron chi connectivity index (χ2n) is 6.48. The number of nitrogens with zero attached hydrogens (tertiary/aromatic N) is 1. The summed E-state index contributed by atoms with van der Waals surface area (Å²) in [6.07, 6.45) is 0. The Morgan fingerprint density at radius 3 is 2.61 bits per heavy atom. The molecule has 2 aromatic rings. The van der Waals surface area contributed by atoms with Gasteiger partial charge in [-0.3, -0.25) is 14.5 Å². The lowest BCUT2D eigenvalue weighted by Gasteiger charge is -2.10. The number of amidine groups is 1. The number of hydrogen-bond donors (Lipinski definition) is 3. The molecule has 4 N–H and O–H groups in total. The van der Waals surface area contributed by atoms with Gasteiger partial charge >= 0.3 is 5.97 Å². The van der Waals surface area contributed by atoms with Crippen LogP contribution in [0.25, 0.3) is 0 Å². The van der Waals surface area contributed by atoms with E-state index in [1.54, 1.807) is 18.2 Å². The van der Waals surface area contributed by atoms with E-state index in [-0.39, 0.29) is 21.3 Å². The smallest absolute Gasteiger partial charge is 0.331 e. The lowest BCUT2D eigenvalue weighted by atomic mass is 10.2. The molecule has 0 fully saturated rings. The van der Waals surface area contributed by atoms with E-state index in [1.165, 1.54) is 31.2 Å². The van der Waals surface area contributed by atoms with Crippen LogP contribution >= 0.6 is 0 Å². The van der Waals surface area contributed by atoms with Gasteiger partial charge < -0.3 is 10.1 Å². The number of aliphatic imine (C=N–C) groups is 1. The lowest BCUT2D eigenvalue weighted by molar-refractivity contribution is -0.148. The van der Waals surface area contributed by atoms with Crippen molar-refractivity contribution >= 4 is 43.4 Å². The van der Waals surface area contributed by atoms with Crippen molar-refractivity contribution in [1.29, 1.82) is 0 Å². The SMILES string of the molecule is C[C@H](N=C1NS(=O)(=O)c2ccccc21)C(=O)OCC(=O)Nc1cccc(S(N)(=O)=O)c1. The zero-order valence-corrected chi connectivity index (χ0v) is 17.7. The molecule has 0 aromatic heterocycles. The molecule has 164 valence electrons. The zero-order chi connectivity index (χ0) is 22.8. The quantitative estimate of drug-likeness (QED) is 0.500. The fourth-order valence-corrected chi connectivity index (χ4v) is 4.48. The molecule has 0 radical (unpaired) electrons. The highest BCUT2D eigenvalue weighted by Crippen LogP contribution is 2.22. The molecule has 0 saturated carbocycles. The molecule has 0 bridgehead atoms. The van der Waals surface area contributed by atoms with Gasteiger partial charge in [-0.15, -0.1) is 0 Å². The molecule has 1 aliphatic rings. The minimum absolute atomic E-state index is 0.00399. The Labute approximate surface area is 178 Å². The third-order valence-electron chi connectivity index (χ3n) is 4.12. The number of sulfonamides is 2. The van der Waals surface area contributed by atoms with Crippen LogP contribution in [-0.2, 0) is 34.4 Å². The van der Waals surface area contributed by atoms with E-state index >= 15 is 0 Å². The Bertz CT molecular complexity index is 1290. The van der Waals surface area contributed by atoms with Gasteiger partial charge in [0.2, 0.25) is 10.0 Å². The molecular weight excluding hydrogens is 448 g/mol. The van der Waals surface area contributed by atoms with Gasteiger partial charge in [0.15, 0.2) is 6.61 Å². The maximum absolute atomic E-state index is 12.2. The van der Waals surface area contributed by atoms with Crippen LogP contribution in [0.4, 0.5) is 5.69 Å². The molecule has 1 aliphatic heterocycles. The van der Waals surface area contributed by atoms with Crippen molar-refractivity contribution in [3.8, 4) is 0 Å². The molecule has 1 amide bonds. The molecule has 0 saturated heterocycles. The van der Waals surface area contributed by atoms with Crippen molar-refractivity contribution in [3.63, 3.8) is 0 Å². The maximum atomic E-state index is 12.2. The second-order valence-corrected chi connectivity index (χ2v) is 9.70. The summed E-state index contributed by atoms with van der Waals surface area (Å²) in [5, 5.41) is 7.42. The Balaban J connectivity index is 1.61. The molecule has 0 spiro atoms. The van der Waals surface area contributed by atoms with Gasteiger partial charge in [-0.2, -0.15) is 0 Å². The lowest BCUT2D eigenvalue weighted by Crippen LogP contribution is -2.28. The number of rotatable bonds is 6. The van der Waals surface area contributed by atoms with Gasteiger partial charge in [-0.05, 0) is 37.3 Å². The highest BCUT2D eigenvalue weighted by atomic mass is 32.2. The Kier molecular flexibility index (Phi) is 6.10. The number of nitrogens with one attached hydrogen (secondary N) is 2. The van der Waals surface area contributed by atoms with E-state index in [1.807, 2.05) is 0 Å². The van der Waals surface area contributed by atoms with Gasteiger partial charge in [0.05, 0.1) is 9.79 Å². The number of carbonyl (C=O) groups is 2. The van der Waals surface area contributed by atoms with E-state index < -0.39 is 44.6 Å². The zero-order valence-electron chi connectivity index (χ0n) is 16.1. The molecule has 1 atom stereocenters. The normalized spacial score (nSPS) is 16.8. The predicted octanol–water partition coefficient (Wildman–Crippen LogP) is -0.0571. The molecule has 2 aromatic carbocycles. The summed E-state index contributed by atoms with van der Waals surface area (Å²) in [4.78, 5) is 28.1. The van der Waals surface area contributed by atoms with E-state index in [9.17, 15) is 26.4 Å². The minimum Gasteiger partial charge on any atom is -0.454 e. The number of ether oxygens (including phenoxy) is 1.